The smallest absolute Gasteiger partial charge is 0.165 e. The number of nitrogens with zero attached hydrogens (tertiary/aromatic N) is 2. The van der Waals surface area contributed by atoms with E-state index in [4.69, 9.17) is 0 Å². The molecule has 0 spiro atoms. The molecule has 2 heterocycles. The SMILES string of the molecule is CC.CCC1CCN(C2CCN(c3ccc(C(=O)C(C)C)cc3)CC2)CC1. The maximum atomic E-state index is 12.1. The predicted molar refractivity (Wildman–Crippen MR) is 117 cm³/mol. The lowest BCUT2D eigenvalue weighted by Crippen LogP contribution is -2.47. The molecule has 2 saturated heterocycles. The summed E-state index contributed by atoms with van der Waals surface area (Å²) in [6, 6.07) is 9.03. The molecule has 1 aromatic rings. The minimum Gasteiger partial charge on any atom is -0.371 e. The van der Waals surface area contributed by atoms with E-state index in [2.05, 4.69) is 28.9 Å². The predicted octanol–water partition coefficient (Wildman–Crippen LogP) is 5.64. The first kappa shape index (κ1) is 21.9. The molecule has 3 heteroatoms. The molecule has 2 aliphatic heterocycles. The Bertz CT molecular complexity index is 550. The minimum atomic E-state index is 0.0680. The second-order valence-electron chi connectivity index (χ2n) is 8.17. The molecule has 0 amide bonds. The summed E-state index contributed by atoms with van der Waals surface area (Å²) in [6.45, 7) is 15.1. The zero-order chi connectivity index (χ0) is 19.8. The van der Waals surface area contributed by atoms with Crippen LogP contribution in [0.4, 0.5) is 5.69 Å². The maximum Gasteiger partial charge on any atom is 0.165 e. The van der Waals surface area contributed by atoms with Crippen molar-refractivity contribution in [1.82, 2.24) is 4.90 Å². The van der Waals surface area contributed by atoms with Crippen LogP contribution in [0.15, 0.2) is 24.3 Å². The van der Waals surface area contributed by atoms with Gasteiger partial charge in [-0.25, -0.2) is 0 Å². The highest BCUT2D eigenvalue weighted by molar-refractivity contribution is 5.97. The third-order valence-corrected chi connectivity index (χ3v) is 6.25. The first-order valence-corrected chi connectivity index (χ1v) is 11.2. The number of Topliss-reactive ketones (excluding diaryl/α,β-unsaturated/α-hetero) is 1. The van der Waals surface area contributed by atoms with Crippen molar-refractivity contribution >= 4 is 11.5 Å². The van der Waals surface area contributed by atoms with E-state index >= 15 is 0 Å². The van der Waals surface area contributed by atoms with Crippen LogP contribution < -0.4 is 4.90 Å². The highest BCUT2D eigenvalue weighted by atomic mass is 16.1. The number of likely N-dealkylation sites (tertiary alicyclic amines) is 1. The summed E-state index contributed by atoms with van der Waals surface area (Å²) < 4.78 is 0. The Labute approximate surface area is 167 Å². The van der Waals surface area contributed by atoms with Gasteiger partial charge in [0, 0.05) is 36.3 Å². The van der Waals surface area contributed by atoms with Crippen molar-refractivity contribution in [2.24, 2.45) is 11.8 Å². The molecular weight excluding hydrogens is 332 g/mol. The summed E-state index contributed by atoms with van der Waals surface area (Å²) >= 11 is 0. The molecule has 0 atom stereocenters. The number of rotatable bonds is 5. The summed E-state index contributed by atoms with van der Waals surface area (Å²) in [5, 5.41) is 0. The zero-order valence-corrected chi connectivity index (χ0v) is 18.2. The molecule has 0 radical (unpaired) electrons. The van der Waals surface area contributed by atoms with Crippen LogP contribution in [-0.4, -0.2) is 42.9 Å². The lowest BCUT2D eigenvalue weighted by molar-refractivity contribution is 0.0939. The quantitative estimate of drug-likeness (QED) is 0.625. The fraction of sp³-hybridized carbons (Fsp3) is 0.708. The Morgan fingerprint density at radius 3 is 2.00 bits per heavy atom. The van der Waals surface area contributed by atoms with Crippen molar-refractivity contribution in [1.29, 1.82) is 0 Å². The molecule has 0 aliphatic carbocycles. The van der Waals surface area contributed by atoms with Crippen LogP contribution in [0.3, 0.4) is 0 Å². The normalized spacial score (nSPS) is 19.7. The number of carbonyl (C=O) groups excluding carboxylic acids is 1. The van der Waals surface area contributed by atoms with E-state index in [1.807, 2.05) is 39.8 Å². The summed E-state index contributed by atoms with van der Waals surface area (Å²) in [5.41, 5.74) is 2.11. The number of benzene rings is 1. The third-order valence-electron chi connectivity index (χ3n) is 6.25. The van der Waals surface area contributed by atoms with Gasteiger partial charge in [0.2, 0.25) is 0 Å². The van der Waals surface area contributed by atoms with Crippen molar-refractivity contribution in [2.45, 2.75) is 72.8 Å². The van der Waals surface area contributed by atoms with Gasteiger partial charge in [-0.2, -0.15) is 0 Å². The molecule has 2 aliphatic rings. The van der Waals surface area contributed by atoms with Crippen LogP contribution in [0.2, 0.25) is 0 Å². The summed E-state index contributed by atoms with van der Waals surface area (Å²) in [6.07, 6.45) is 6.67. The van der Waals surface area contributed by atoms with Crippen molar-refractivity contribution in [3.63, 3.8) is 0 Å². The monoisotopic (exact) mass is 372 g/mol. The van der Waals surface area contributed by atoms with Gasteiger partial charge < -0.3 is 9.80 Å². The molecule has 3 rings (SSSR count). The van der Waals surface area contributed by atoms with E-state index in [0.29, 0.717) is 0 Å². The molecule has 0 aromatic heterocycles. The Balaban J connectivity index is 0.00000126. The van der Waals surface area contributed by atoms with Crippen LogP contribution >= 0.6 is 0 Å². The third kappa shape index (κ3) is 5.81. The van der Waals surface area contributed by atoms with Gasteiger partial charge in [-0.15, -0.1) is 0 Å². The Kier molecular flexibility index (Phi) is 8.82. The molecule has 0 bridgehead atoms. The molecule has 0 N–H and O–H groups in total. The number of ketones is 1. The standard InChI is InChI=1S/C22H34N2O.C2H6/c1-4-18-9-13-23(14-10-18)21-11-15-24(16-12-21)20-7-5-19(6-8-20)22(25)17(2)3;1-2/h5-8,17-18,21H,4,9-16H2,1-3H3;1-2H3. The Morgan fingerprint density at radius 2 is 1.52 bits per heavy atom. The van der Waals surface area contributed by atoms with Gasteiger partial charge in [-0.05, 0) is 69.0 Å². The maximum absolute atomic E-state index is 12.1. The molecule has 152 valence electrons. The van der Waals surface area contributed by atoms with Gasteiger partial charge in [-0.3, -0.25) is 4.79 Å². The van der Waals surface area contributed by atoms with E-state index in [1.54, 1.807) is 0 Å². The highest BCUT2D eigenvalue weighted by Crippen LogP contribution is 2.27. The number of hydrogen-bond donors (Lipinski definition) is 0. The topological polar surface area (TPSA) is 23.6 Å². The molecule has 0 unspecified atom stereocenters. The summed E-state index contributed by atoms with van der Waals surface area (Å²) in [5.74, 6) is 1.27. The fourth-order valence-electron chi connectivity index (χ4n) is 4.39. The number of anilines is 1. The van der Waals surface area contributed by atoms with E-state index in [1.165, 1.54) is 50.9 Å². The van der Waals surface area contributed by atoms with Gasteiger partial charge in [0.15, 0.2) is 5.78 Å². The molecule has 27 heavy (non-hydrogen) atoms. The second kappa shape index (κ2) is 10.8. The molecule has 1 aromatic carbocycles. The van der Waals surface area contributed by atoms with Crippen molar-refractivity contribution in [3.05, 3.63) is 29.8 Å². The summed E-state index contributed by atoms with van der Waals surface area (Å²) in [4.78, 5) is 17.3. The number of piperidine rings is 2. The van der Waals surface area contributed by atoms with E-state index in [0.717, 1.165) is 30.6 Å². The van der Waals surface area contributed by atoms with Crippen LogP contribution in [0.1, 0.15) is 77.1 Å². The van der Waals surface area contributed by atoms with E-state index < -0.39 is 0 Å². The van der Waals surface area contributed by atoms with Gasteiger partial charge in [0.1, 0.15) is 0 Å². The molecule has 3 nitrogen and oxygen atoms in total. The molecular formula is C24H40N2O. The molecule has 0 saturated carbocycles. The Hall–Kier alpha value is -1.35. The van der Waals surface area contributed by atoms with Gasteiger partial charge in [0.05, 0.1) is 0 Å². The van der Waals surface area contributed by atoms with Gasteiger partial charge in [-0.1, -0.05) is 41.0 Å². The van der Waals surface area contributed by atoms with Crippen LogP contribution in [0, 0.1) is 11.8 Å². The minimum absolute atomic E-state index is 0.0680. The fourth-order valence-corrected chi connectivity index (χ4v) is 4.39. The molecule has 2 fully saturated rings. The summed E-state index contributed by atoms with van der Waals surface area (Å²) in [7, 11) is 0. The highest BCUT2D eigenvalue weighted by Gasteiger charge is 2.27. The first-order valence-electron chi connectivity index (χ1n) is 11.2. The lowest BCUT2D eigenvalue weighted by Gasteiger charge is -2.42. The van der Waals surface area contributed by atoms with Crippen molar-refractivity contribution in [3.8, 4) is 0 Å². The lowest BCUT2D eigenvalue weighted by atomic mass is 9.92. The van der Waals surface area contributed by atoms with Crippen LogP contribution in [-0.2, 0) is 0 Å². The number of carbonyl (C=O) groups is 1. The largest absolute Gasteiger partial charge is 0.371 e. The number of hydrogen-bond acceptors (Lipinski definition) is 3. The average molecular weight is 373 g/mol. The van der Waals surface area contributed by atoms with Gasteiger partial charge >= 0.3 is 0 Å². The zero-order valence-electron chi connectivity index (χ0n) is 18.2. The van der Waals surface area contributed by atoms with Crippen molar-refractivity contribution in [2.75, 3.05) is 31.1 Å². The second-order valence-corrected chi connectivity index (χ2v) is 8.17. The van der Waals surface area contributed by atoms with Crippen LogP contribution in [0.25, 0.3) is 0 Å². The van der Waals surface area contributed by atoms with E-state index in [-0.39, 0.29) is 11.7 Å². The van der Waals surface area contributed by atoms with Crippen molar-refractivity contribution < 1.29 is 4.79 Å². The first-order chi connectivity index (χ1) is 13.1. The average Bonchev–Trinajstić information content (AvgIpc) is 2.75. The van der Waals surface area contributed by atoms with E-state index in [9.17, 15) is 4.79 Å². The van der Waals surface area contributed by atoms with Gasteiger partial charge in [0.25, 0.3) is 0 Å². The Morgan fingerprint density at radius 1 is 0.963 bits per heavy atom. The van der Waals surface area contributed by atoms with Crippen LogP contribution in [0.5, 0.6) is 0 Å².